The fourth-order valence-corrected chi connectivity index (χ4v) is 2.58. The molecule has 0 aliphatic carbocycles. The van der Waals surface area contributed by atoms with Crippen LogP contribution in [0, 0.1) is 24.1 Å². The second-order valence-electron chi connectivity index (χ2n) is 3.68. The number of hydrogen-bond acceptors (Lipinski definition) is 3. The highest BCUT2D eigenvalue weighted by Gasteiger charge is 2.10. The van der Waals surface area contributed by atoms with E-state index in [9.17, 15) is 4.39 Å². The van der Waals surface area contributed by atoms with Crippen LogP contribution in [0.4, 0.5) is 4.39 Å². The molecule has 0 amide bonds. The van der Waals surface area contributed by atoms with Crippen molar-refractivity contribution >= 4 is 11.3 Å². The molecule has 2 nitrogen and oxygen atoms in total. The normalized spacial score (nSPS) is 10.2. The van der Waals surface area contributed by atoms with Crippen molar-refractivity contribution in [3.63, 3.8) is 0 Å². The van der Waals surface area contributed by atoms with E-state index in [1.807, 2.05) is 13.0 Å². The van der Waals surface area contributed by atoms with Crippen LogP contribution in [-0.4, -0.2) is 4.98 Å². The molecule has 2 aromatic rings. The Morgan fingerprint density at radius 3 is 3.00 bits per heavy atom. The third kappa shape index (κ3) is 2.69. The van der Waals surface area contributed by atoms with Gasteiger partial charge in [0.2, 0.25) is 0 Å². The van der Waals surface area contributed by atoms with Gasteiger partial charge < -0.3 is 0 Å². The predicted octanol–water partition coefficient (Wildman–Crippen LogP) is 3.71. The van der Waals surface area contributed by atoms with Crippen LogP contribution in [0.15, 0.2) is 24.3 Å². The molecule has 1 aromatic carbocycles. The topological polar surface area (TPSA) is 36.7 Å². The molecule has 0 atom stereocenters. The van der Waals surface area contributed by atoms with Gasteiger partial charge in [-0.05, 0) is 19.1 Å². The molecule has 0 aliphatic heterocycles. The van der Waals surface area contributed by atoms with Crippen molar-refractivity contribution < 1.29 is 4.39 Å². The number of rotatable bonds is 3. The number of aryl methyl sites for hydroxylation is 2. The number of nitrogens with zero attached hydrogens (tertiary/aromatic N) is 2. The smallest absolute Gasteiger partial charge is 0.123 e. The molecule has 0 aliphatic rings. The third-order valence-electron chi connectivity index (χ3n) is 2.39. The van der Waals surface area contributed by atoms with Gasteiger partial charge in [-0.2, -0.15) is 5.26 Å². The molecule has 0 N–H and O–H groups in total. The Hall–Kier alpha value is -1.73. The summed E-state index contributed by atoms with van der Waals surface area (Å²) in [6.45, 7) is 1.97. The van der Waals surface area contributed by atoms with Crippen LogP contribution in [0.25, 0.3) is 11.3 Å². The summed E-state index contributed by atoms with van der Waals surface area (Å²) < 4.78 is 13.1. The molecule has 17 heavy (non-hydrogen) atoms. The molecule has 86 valence electrons. The molecule has 0 spiro atoms. The van der Waals surface area contributed by atoms with E-state index in [2.05, 4.69) is 11.1 Å². The van der Waals surface area contributed by atoms with Gasteiger partial charge >= 0.3 is 0 Å². The van der Waals surface area contributed by atoms with Gasteiger partial charge in [-0.25, -0.2) is 9.37 Å². The van der Waals surface area contributed by atoms with Crippen molar-refractivity contribution in [2.24, 2.45) is 0 Å². The van der Waals surface area contributed by atoms with Gasteiger partial charge in [0, 0.05) is 23.3 Å². The summed E-state index contributed by atoms with van der Waals surface area (Å²) in [5.74, 6) is -0.256. The van der Waals surface area contributed by atoms with Crippen LogP contribution in [0.5, 0.6) is 0 Å². The van der Waals surface area contributed by atoms with E-state index in [0.29, 0.717) is 12.8 Å². The first-order valence-corrected chi connectivity index (χ1v) is 6.11. The number of aromatic nitrogens is 1. The maximum absolute atomic E-state index is 13.1. The maximum Gasteiger partial charge on any atom is 0.123 e. The lowest BCUT2D eigenvalue weighted by atomic mass is 10.1. The van der Waals surface area contributed by atoms with Crippen LogP contribution >= 0.6 is 11.3 Å². The van der Waals surface area contributed by atoms with E-state index in [-0.39, 0.29) is 5.82 Å². The van der Waals surface area contributed by atoms with Crippen molar-refractivity contribution in [2.45, 2.75) is 19.8 Å². The predicted molar refractivity (Wildman–Crippen MR) is 66.2 cm³/mol. The fraction of sp³-hybridized carbons (Fsp3) is 0.231. The molecule has 0 bridgehead atoms. The van der Waals surface area contributed by atoms with Gasteiger partial charge in [0.1, 0.15) is 5.82 Å². The summed E-state index contributed by atoms with van der Waals surface area (Å²) in [7, 11) is 0. The molecule has 0 unspecified atom stereocenters. The largest absolute Gasteiger partial charge is 0.241 e. The van der Waals surface area contributed by atoms with Crippen molar-refractivity contribution in [1.29, 1.82) is 5.26 Å². The third-order valence-corrected chi connectivity index (χ3v) is 3.42. The van der Waals surface area contributed by atoms with Crippen LogP contribution in [0.2, 0.25) is 0 Å². The lowest BCUT2D eigenvalue weighted by Gasteiger charge is -1.98. The second-order valence-corrected chi connectivity index (χ2v) is 4.97. The van der Waals surface area contributed by atoms with E-state index >= 15 is 0 Å². The SMILES string of the molecule is Cc1sc(CCC#N)nc1-c1cccc(F)c1. The number of hydrogen-bond donors (Lipinski definition) is 0. The number of benzene rings is 1. The Bertz CT molecular complexity index is 569. The standard InChI is InChI=1S/C13H11FN2S/c1-9-13(10-4-2-5-11(14)8-10)16-12(17-9)6-3-7-15/h2,4-5,8H,3,6H2,1H3. The van der Waals surface area contributed by atoms with Crippen LogP contribution < -0.4 is 0 Å². The number of nitriles is 1. The van der Waals surface area contributed by atoms with E-state index in [1.165, 1.54) is 12.1 Å². The molecular formula is C13H11FN2S. The summed E-state index contributed by atoms with van der Waals surface area (Å²) in [6, 6.07) is 8.53. The average molecular weight is 246 g/mol. The first-order valence-electron chi connectivity index (χ1n) is 5.30. The minimum Gasteiger partial charge on any atom is -0.241 e. The Kier molecular flexibility index (Phi) is 3.50. The highest BCUT2D eigenvalue weighted by Crippen LogP contribution is 2.28. The maximum atomic E-state index is 13.1. The van der Waals surface area contributed by atoms with E-state index in [0.717, 1.165) is 21.1 Å². The van der Waals surface area contributed by atoms with Crippen molar-refractivity contribution in [3.8, 4) is 17.3 Å². The molecule has 0 radical (unpaired) electrons. The molecule has 0 saturated heterocycles. The van der Waals surface area contributed by atoms with E-state index in [4.69, 9.17) is 5.26 Å². The quantitative estimate of drug-likeness (QED) is 0.827. The van der Waals surface area contributed by atoms with Gasteiger partial charge in [0.15, 0.2) is 0 Å². The second kappa shape index (κ2) is 5.07. The first-order chi connectivity index (χ1) is 8.20. The fourth-order valence-electron chi connectivity index (χ4n) is 1.62. The summed E-state index contributed by atoms with van der Waals surface area (Å²) in [4.78, 5) is 5.52. The molecule has 4 heteroatoms. The molecule has 1 heterocycles. The van der Waals surface area contributed by atoms with Gasteiger partial charge in [-0.1, -0.05) is 12.1 Å². The van der Waals surface area contributed by atoms with Crippen LogP contribution in [0.1, 0.15) is 16.3 Å². The lowest BCUT2D eigenvalue weighted by molar-refractivity contribution is 0.628. The zero-order chi connectivity index (χ0) is 12.3. The van der Waals surface area contributed by atoms with Gasteiger partial charge in [0.25, 0.3) is 0 Å². The average Bonchev–Trinajstić information content (AvgIpc) is 2.68. The summed E-state index contributed by atoms with van der Waals surface area (Å²) in [6.07, 6.45) is 1.13. The molecule has 0 saturated carbocycles. The number of halogens is 1. The molecular weight excluding hydrogens is 235 g/mol. The Labute approximate surface area is 103 Å². The molecule has 0 fully saturated rings. The first kappa shape index (κ1) is 11.7. The van der Waals surface area contributed by atoms with E-state index < -0.39 is 0 Å². The zero-order valence-electron chi connectivity index (χ0n) is 9.40. The molecule has 1 aromatic heterocycles. The Balaban J connectivity index is 2.33. The van der Waals surface area contributed by atoms with E-state index in [1.54, 1.807) is 17.4 Å². The minimum atomic E-state index is -0.256. The van der Waals surface area contributed by atoms with Crippen molar-refractivity contribution in [3.05, 3.63) is 40.0 Å². The monoisotopic (exact) mass is 246 g/mol. The van der Waals surface area contributed by atoms with Gasteiger partial charge in [-0.15, -0.1) is 11.3 Å². The summed E-state index contributed by atoms with van der Waals surface area (Å²) in [5, 5.41) is 9.47. The van der Waals surface area contributed by atoms with Gasteiger partial charge in [0.05, 0.1) is 16.8 Å². The molecule has 2 rings (SSSR count). The Morgan fingerprint density at radius 1 is 1.47 bits per heavy atom. The van der Waals surface area contributed by atoms with Crippen molar-refractivity contribution in [1.82, 2.24) is 4.98 Å². The lowest BCUT2D eigenvalue weighted by Crippen LogP contribution is -1.85. The Morgan fingerprint density at radius 2 is 2.29 bits per heavy atom. The highest BCUT2D eigenvalue weighted by atomic mass is 32.1. The number of thiazole rings is 1. The summed E-state index contributed by atoms with van der Waals surface area (Å²) >= 11 is 1.57. The van der Waals surface area contributed by atoms with Crippen molar-refractivity contribution in [2.75, 3.05) is 0 Å². The summed E-state index contributed by atoms with van der Waals surface area (Å²) in [5.41, 5.74) is 1.62. The van der Waals surface area contributed by atoms with Crippen LogP contribution in [0.3, 0.4) is 0 Å². The van der Waals surface area contributed by atoms with Crippen LogP contribution in [-0.2, 0) is 6.42 Å². The minimum absolute atomic E-state index is 0.256. The highest BCUT2D eigenvalue weighted by molar-refractivity contribution is 7.12. The van der Waals surface area contributed by atoms with Gasteiger partial charge in [-0.3, -0.25) is 0 Å². The zero-order valence-corrected chi connectivity index (χ0v) is 10.2.